The van der Waals surface area contributed by atoms with Crippen molar-refractivity contribution in [2.75, 3.05) is 16.8 Å². The van der Waals surface area contributed by atoms with Crippen LogP contribution in [0, 0.1) is 10.1 Å². The van der Waals surface area contributed by atoms with E-state index in [4.69, 9.17) is 0 Å². The van der Waals surface area contributed by atoms with Gasteiger partial charge in [0.2, 0.25) is 5.91 Å². The van der Waals surface area contributed by atoms with E-state index >= 15 is 0 Å². The Bertz CT molecular complexity index is 909. The molecule has 134 valence electrons. The number of hydrogen-bond donors (Lipinski definition) is 1. The summed E-state index contributed by atoms with van der Waals surface area (Å²) in [5, 5.41) is 14.1. The molecule has 2 heterocycles. The molecule has 1 N–H and O–H groups in total. The molecule has 2 amide bonds. The number of carbonyl (C=O) groups excluding carboxylic acids is 2. The number of aromatic nitrogens is 1. The van der Waals surface area contributed by atoms with Gasteiger partial charge in [-0.25, -0.2) is 0 Å². The van der Waals surface area contributed by atoms with E-state index in [0.717, 1.165) is 0 Å². The lowest BCUT2D eigenvalue weighted by Gasteiger charge is -2.18. The van der Waals surface area contributed by atoms with Gasteiger partial charge >= 0.3 is 0 Å². The van der Waals surface area contributed by atoms with Crippen LogP contribution in [0.2, 0.25) is 0 Å². The third-order valence-electron chi connectivity index (χ3n) is 4.54. The van der Waals surface area contributed by atoms with E-state index in [1.54, 1.807) is 26.0 Å². The van der Waals surface area contributed by atoms with Gasteiger partial charge in [-0.15, -0.1) is 0 Å². The van der Waals surface area contributed by atoms with Gasteiger partial charge in [-0.3, -0.25) is 24.7 Å². The van der Waals surface area contributed by atoms with Gasteiger partial charge in [-0.05, 0) is 44.5 Å². The third-order valence-corrected chi connectivity index (χ3v) is 4.54. The van der Waals surface area contributed by atoms with Crippen LogP contribution in [0.15, 0.2) is 36.7 Å². The molecular weight excluding hydrogens is 336 g/mol. The highest BCUT2D eigenvalue weighted by molar-refractivity contribution is 6.10. The molecule has 0 saturated carbocycles. The quantitative estimate of drug-likeness (QED) is 0.671. The second kappa shape index (κ2) is 6.21. The summed E-state index contributed by atoms with van der Waals surface area (Å²) in [5.74, 6) is -0.629. The number of nitro benzene ring substituents is 1. The molecule has 26 heavy (non-hydrogen) atoms. The molecule has 0 unspecified atom stereocenters. The van der Waals surface area contributed by atoms with Gasteiger partial charge in [0.1, 0.15) is 5.69 Å². The highest BCUT2D eigenvalue weighted by Crippen LogP contribution is 2.45. The largest absolute Gasteiger partial charge is 0.316 e. The summed E-state index contributed by atoms with van der Waals surface area (Å²) in [6, 6.07) is 6.04. The Labute approximate surface area is 150 Å². The molecule has 1 aromatic heterocycles. The second-order valence-corrected chi connectivity index (χ2v) is 6.51. The van der Waals surface area contributed by atoms with E-state index in [-0.39, 0.29) is 22.8 Å². The Balaban J connectivity index is 2.09. The van der Waals surface area contributed by atoms with Crippen molar-refractivity contribution in [1.82, 2.24) is 4.98 Å². The molecule has 8 heteroatoms. The van der Waals surface area contributed by atoms with E-state index in [9.17, 15) is 19.7 Å². The SMILES string of the molecule is CCN1C(=O)C(C)(C)c2cc(NC(=O)c3cccnc3)c([N+](=O)[O-])cc21. The van der Waals surface area contributed by atoms with Gasteiger partial charge in [-0.2, -0.15) is 0 Å². The maximum atomic E-state index is 12.6. The maximum Gasteiger partial charge on any atom is 0.294 e. The van der Waals surface area contributed by atoms with Crippen molar-refractivity contribution in [2.24, 2.45) is 0 Å². The molecule has 1 aromatic carbocycles. The molecule has 1 aliphatic rings. The van der Waals surface area contributed by atoms with Crippen LogP contribution in [0.25, 0.3) is 0 Å². The third kappa shape index (κ3) is 2.69. The van der Waals surface area contributed by atoms with E-state index < -0.39 is 16.2 Å². The molecule has 0 fully saturated rings. The summed E-state index contributed by atoms with van der Waals surface area (Å²) >= 11 is 0. The Morgan fingerprint density at radius 1 is 1.38 bits per heavy atom. The average Bonchev–Trinajstić information content (AvgIpc) is 2.81. The van der Waals surface area contributed by atoms with E-state index in [1.165, 1.54) is 29.4 Å². The van der Waals surface area contributed by atoms with E-state index in [2.05, 4.69) is 10.3 Å². The Morgan fingerprint density at radius 3 is 2.69 bits per heavy atom. The molecule has 1 aliphatic heterocycles. The molecule has 3 rings (SSSR count). The number of nitrogens with zero attached hydrogens (tertiary/aromatic N) is 3. The summed E-state index contributed by atoms with van der Waals surface area (Å²) in [4.78, 5) is 41.3. The number of amides is 2. The fourth-order valence-electron chi connectivity index (χ4n) is 3.12. The molecule has 0 radical (unpaired) electrons. The number of rotatable bonds is 4. The number of hydrogen-bond acceptors (Lipinski definition) is 5. The molecule has 2 aromatic rings. The number of benzene rings is 1. The van der Waals surface area contributed by atoms with Crippen LogP contribution in [0.1, 0.15) is 36.7 Å². The summed E-state index contributed by atoms with van der Waals surface area (Å²) in [6.07, 6.45) is 2.91. The lowest BCUT2D eigenvalue weighted by Crippen LogP contribution is -2.35. The van der Waals surface area contributed by atoms with Gasteiger partial charge in [0, 0.05) is 25.0 Å². The summed E-state index contributed by atoms with van der Waals surface area (Å²) in [5.41, 5.74) is 0.415. The first-order valence-electron chi connectivity index (χ1n) is 8.13. The maximum absolute atomic E-state index is 12.6. The lowest BCUT2D eigenvalue weighted by atomic mass is 9.85. The first kappa shape index (κ1) is 17.5. The van der Waals surface area contributed by atoms with Gasteiger partial charge in [0.05, 0.1) is 21.6 Å². The first-order chi connectivity index (χ1) is 12.3. The minimum Gasteiger partial charge on any atom is -0.316 e. The number of nitro groups is 1. The standard InChI is InChI=1S/C18H18N4O4/c1-4-21-14-9-15(22(25)26)13(8-12(14)18(2,3)17(21)24)20-16(23)11-6-5-7-19-10-11/h5-10H,4H2,1-3H3,(H,20,23). The number of likely N-dealkylation sites (N-methyl/N-ethyl adjacent to an activating group) is 1. The zero-order chi connectivity index (χ0) is 19.1. The molecule has 0 spiro atoms. The van der Waals surface area contributed by atoms with Crippen LogP contribution in [0.4, 0.5) is 17.1 Å². The van der Waals surface area contributed by atoms with Crippen molar-refractivity contribution in [2.45, 2.75) is 26.2 Å². The monoisotopic (exact) mass is 354 g/mol. The summed E-state index contributed by atoms with van der Waals surface area (Å²) in [7, 11) is 0. The van der Waals surface area contributed by atoms with Crippen molar-refractivity contribution in [3.05, 3.63) is 57.9 Å². The van der Waals surface area contributed by atoms with Crippen molar-refractivity contribution < 1.29 is 14.5 Å². The number of fused-ring (bicyclic) bond motifs is 1. The molecule has 0 saturated heterocycles. The highest BCUT2D eigenvalue weighted by Gasteiger charge is 2.44. The highest BCUT2D eigenvalue weighted by atomic mass is 16.6. The minimum atomic E-state index is -0.825. The molecule has 0 bridgehead atoms. The number of nitrogens with one attached hydrogen (secondary N) is 1. The predicted octanol–water partition coefficient (Wildman–Crippen LogP) is 2.89. The van der Waals surface area contributed by atoms with Crippen LogP contribution >= 0.6 is 0 Å². The predicted molar refractivity (Wildman–Crippen MR) is 96.3 cm³/mol. The fraction of sp³-hybridized carbons (Fsp3) is 0.278. The van der Waals surface area contributed by atoms with Crippen LogP contribution in [0.5, 0.6) is 0 Å². The first-order valence-corrected chi connectivity index (χ1v) is 8.13. The van der Waals surface area contributed by atoms with Crippen molar-refractivity contribution in [3.8, 4) is 0 Å². The van der Waals surface area contributed by atoms with Crippen LogP contribution in [-0.4, -0.2) is 28.3 Å². The zero-order valence-electron chi connectivity index (χ0n) is 14.6. The van der Waals surface area contributed by atoms with Gasteiger partial charge in [0.25, 0.3) is 11.6 Å². The van der Waals surface area contributed by atoms with Crippen LogP contribution in [-0.2, 0) is 10.2 Å². The number of carbonyl (C=O) groups is 2. The van der Waals surface area contributed by atoms with Crippen molar-refractivity contribution >= 4 is 28.9 Å². The van der Waals surface area contributed by atoms with Crippen molar-refractivity contribution in [3.63, 3.8) is 0 Å². The van der Waals surface area contributed by atoms with E-state index in [1.807, 2.05) is 6.92 Å². The summed E-state index contributed by atoms with van der Waals surface area (Å²) < 4.78 is 0. The Hall–Kier alpha value is -3.29. The average molecular weight is 354 g/mol. The van der Waals surface area contributed by atoms with Gasteiger partial charge in [-0.1, -0.05) is 0 Å². The number of anilines is 2. The minimum absolute atomic E-state index is 0.0569. The Kier molecular flexibility index (Phi) is 4.19. The van der Waals surface area contributed by atoms with E-state index in [0.29, 0.717) is 17.8 Å². The fourth-order valence-corrected chi connectivity index (χ4v) is 3.12. The zero-order valence-corrected chi connectivity index (χ0v) is 14.6. The van der Waals surface area contributed by atoms with Gasteiger partial charge in [0.15, 0.2) is 0 Å². The molecular formula is C18H18N4O4. The molecule has 0 aliphatic carbocycles. The van der Waals surface area contributed by atoms with Crippen LogP contribution < -0.4 is 10.2 Å². The van der Waals surface area contributed by atoms with Crippen LogP contribution in [0.3, 0.4) is 0 Å². The van der Waals surface area contributed by atoms with Gasteiger partial charge < -0.3 is 10.2 Å². The number of pyridine rings is 1. The second-order valence-electron chi connectivity index (χ2n) is 6.51. The smallest absolute Gasteiger partial charge is 0.294 e. The topological polar surface area (TPSA) is 105 Å². The van der Waals surface area contributed by atoms with Crippen molar-refractivity contribution in [1.29, 1.82) is 0 Å². The normalized spacial score (nSPS) is 14.9. The Morgan fingerprint density at radius 2 is 2.12 bits per heavy atom. The molecule has 0 atom stereocenters. The molecule has 8 nitrogen and oxygen atoms in total. The summed E-state index contributed by atoms with van der Waals surface area (Å²) in [6.45, 7) is 5.76. The lowest BCUT2D eigenvalue weighted by molar-refractivity contribution is -0.383.